The van der Waals surface area contributed by atoms with Crippen molar-refractivity contribution in [2.45, 2.75) is 50.2 Å². The number of thiophene rings is 1. The van der Waals surface area contributed by atoms with Gasteiger partial charge in [0.25, 0.3) is 0 Å². The van der Waals surface area contributed by atoms with Crippen LogP contribution in [0.4, 0.5) is 0 Å². The molecule has 0 radical (unpaired) electrons. The highest BCUT2D eigenvalue weighted by molar-refractivity contribution is 7.10. The van der Waals surface area contributed by atoms with E-state index < -0.39 is 0 Å². The summed E-state index contributed by atoms with van der Waals surface area (Å²) in [4.78, 5) is 16.3. The lowest BCUT2D eigenvalue weighted by molar-refractivity contribution is -0.131. The Hall–Kier alpha value is -0.870. The van der Waals surface area contributed by atoms with Gasteiger partial charge in [-0.15, -0.1) is 11.3 Å². The number of hydrogen-bond acceptors (Lipinski definition) is 3. The lowest BCUT2D eigenvalue weighted by Gasteiger charge is -2.28. The molecule has 106 valence electrons. The molecule has 4 heteroatoms. The number of carbonyl (C=O) groups excluding carboxylic acids is 1. The van der Waals surface area contributed by atoms with Crippen molar-refractivity contribution in [2.24, 2.45) is 11.3 Å². The molecule has 1 aromatic heterocycles. The van der Waals surface area contributed by atoms with E-state index in [2.05, 4.69) is 27.7 Å². The van der Waals surface area contributed by atoms with Gasteiger partial charge < -0.3 is 4.90 Å². The van der Waals surface area contributed by atoms with Crippen molar-refractivity contribution in [3.8, 4) is 0 Å². The van der Waals surface area contributed by atoms with Crippen molar-refractivity contribution in [3.63, 3.8) is 0 Å². The molecule has 1 saturated heterocycles. The number of nitrogens with one attached hydrogen (secondary N) is 1. The molecule has 1 atom stereocenters. The average Bonchev–Trinajstić information content (AvgIpc) is 3.32. The van der Waals surface area contributed by atoms with Crippen LogP contribution in [0.3, 0.4) is 0 Å². The van der Waals surface area contributed by atoms with E-state index in [4.69, 9.17) is 0 Å². The molecule has 2 heterocycles. The number of carbonyl (C=O) groups is 1. The average molecular weight is 288 g/mol. The minimum absolute atomic E-state index is 0.140. The van der Waals surface area contributed by atoms with Crippen LogP contribution in [0.2, 0.25) is 0 Å². The molecule has 3 nitrogen and oxygen atoms in total. The van der Waals surface area contributed by atoms with Crippen LogP contribution >= 0.6 is 11.3 Å². The Bertz CT molecular complexity index is 555. The smallest absolute Gasteiger partial charge is 0.244 e. The summed E-state index contributed by atoms with van der Waals surface area (Å²) in [6, 6.07) is 4.26. The topological polar surface area (TPSA) is 32.3 Å². The fraction of sp³-hybridized carbons (Fsp3) is 0.688. The van der Waals surface area contributed by atoms with Gasteiger partial charge in [0.05, 0.1) is 0 Å². The fourth-order valence-corrected chi connectivity index (χ4v) is 4.79. The maximum atomic E-state index is 12.8. The summed E-state index contributed by atoms with van der Waals surface area (Å²) in [5, 5.41) is 5.76. The molecule has 1 unspecified atom stereocenters. The van der Waals surface area contributed by atoms with E-state index in [0.717, 1.165) is 25.3 Å². The zero-order chi connectivity index (χ0) is 13.4. The van der Waals surface area contributed by atoms with E-state index in [9.17, 15) is 4.79 Å². The molecule has 3 saturated carbocycles. The van der Waals surface area contributed by atoms with Gasteiger partial charge in [0.15, 0.2) is 0 Å². The van der Waals surface area contributed by atoms with Crippen LogP contribution < -0.4 is 5.32 Å². The van der Waals surface area contributed by atoms with Gasteiger partial charge in [-0.05, 0) is 61.3 Å². The van der Waals surface area contributed by atoms with Crippen LogP contribution in [0, 0.1) is 11.3 Å². The molecule has 1 amide bonds. The van der Waals surface area contributed by atoms with E-state index >= 15 is 0 Å². The summed E-state index contributed by atoms with van der Waals surface area (Å²) >= 11 is 1.77. The van der Waals surface area contributed by atoms with E-state index in [-0.39, 0.29) is 11.7 Å². The molecule has 5 rings (SSSR count). The van der Waals surface area contributed by atoms with E-state index in [1.807, 2.05) is 0 Å². The second-order valence-electron chi connectivity index (χ2n) is 7.21. The molecule has 4 aliphatic rings. The summed E-state index contributed by atoms with van der Waals surface area (Å²) in [6.45, 7) is 0.994. The molecule has 4 fully saturated rings. The number of amides is 1. The highest BCUT2D eigenvalue weighted by atomic mass is 32.1. The summed E-state index contributed by atoms with van der Waals surface area (Å²) in [7, 11) is 0. The molecule has 0 aromatic carbocycles. The van der Waals surface area contributed by atoms with Crippen molar-refractivity contribution < 1.29 is 4.79 Å². The molecule has 3 aliphatic carbocycles. The van der Waals surface area contributed by atoms with Crippen molar-refractivity contribution in [1.82, 2.24) is 10.2 Å². The second kappa shape index (κ2) is 3.66. The van der Waals surface area contributed by atoms with Gasteiger partial charge in [-0.3, -0.25) is 10.1 Å². The molecule has 0 bridgehead atoms. The van der Waals surface area contributed by atoms with Crippen LogP contribution in [-0.2, 0) is 4.79 Å². The van der Waals surface area contributed by atoms with Gasteiger partial charge in [-0.2, -0.15) is 0 Å². The van der Waals surface area contributed by atoms with Gasteiger partial charge in [0, 0.05) is 11.4 Å². The summed E-state index contributed by atoms with van der Waals surface area (Å²) in [6.07, 6.45) is 7.66. The van der Waals surface area contributed by atoms with Crippen LogP contribution in [0.1, 0.15) is 49.6 Å². The second-order valence-corrected chi connectivity index (χ2v) is 8.19. The van der Waals surface area contributed by atoms with Crippen LogP contribution in [0.25, 0.3) is 0 Å². The number of nitrogens with zero attached hydrogens (tertiary/aromatic N) is 1. The predicted octanol–water partition coefficient (Wildman–Crippen LogP) is 2.90. The standard InChI is InChI=1S/C16H20N2OS/c19-14-16(7-8-16)17-13(12-2-1-9-20-12)18(14)10-15(5-6-15)11-3-4-11/h1-2,9,11,13,17H,3-8,10H2. The maximum absolute atomic E-state index is 12.8. The molecule has 1 N–H and O–H groups in total. The Morgan fingerprint density at radius 3 is 2.65 bits per heavy atom. The largest absolute Gasteiger partial charge is 0.320 e. The minimum Gasteiger partial charge on any atom is -0.320 e. The van der Waals surface area contributed by atoms with E-state index in [1.54, 1.807) is 11.3 Å². The van der Waals surface area contributed by atoms with Gasteiger partial charge in [0.1, 0.15) is 11.7 Å². The Morgan fingerprint density at radius 2 is 2.10 bits per heavy atom. The molecular weight excluding hydrogens is 268 g/mol. The van der Waals surface area contributed by atoms with Crippen LogP contribution in [0.15, 0.2) is 17.5 Å². The third-order valence-corrected chi connectivity index (χ3v) is 6.70. The summed E-state index contributed by atoms with van der Waals surface area (Å²) in [5.74, 6) is 1.29. The van der Waals surface area contributed by atoms with Crippen LogP contribution in [-0.4, -0.2) is 22.9 Å². The Labute approximate surface area is 123 Å². The van der Waals surface area contributed by atoms with Crippen molar-refractivity contribution in [2.75, 3.05) is 6.54 Å². The minimum atomic E-state index is -0.186. The summed E-state index contributed by atoms with van der Waals surface area (Å²) in [5.41, 5.74) is 0.307. The van der Waals surface area contributed by atoms with Crippen molar-refractivity contribution >= 4 is 17.2 Å². The Morgan fingerprint density at radius 1 is 1.30 bits per heavy atom. The predicted molar refractivity (Wildman–Crippen MR) is 78.3 cm³/mol. The third-order valence-electron chi connectivity index (χ3n) is 5.78. The Balaban J connectivity index is 1.46. The molecule has 1 aliphatic heterocycles. The number of rotatable bonds is 4. The van der Waals surface area contributed by atoms with Crippen molar-refractivity contribution in [3.05, 3.63) is 22.4 Å². The van der Waals surface area contributed by atoms with Gasteiger partial charge in [-0.1, -0.05) is 6.07 Å². The van der Waals surface area contributed by atoms with Crippen molar-refractivity contribution in [1.29, 1.82) is 0 Å². The first-order valence-electron chi connectivity index (χ1n) is 7.85. The zero-order valence-corrected chi connectivity index (χ0v) is 12.4. The zero-order valence-electron chi connectivity index (χ0n) is 11.6. The first kappa shape index (κ1) is 11.8. The lowest BCUT2D eigenvalue weighted by atomic mass is 9.99. The molecule has 1 spiro atoms. The lowest BCUT2D eigenvalue weighted by Crippen LogP contribution is -2.37. The van der Waals surface area contributed by atoms with Gasteiger partial charge in [-0.25, -0.2) is 0 Å². The van der Waals surface area contributed by atoms with Gasteiger partial charge in [0.2, 0.25) is 5.91 Å². The summed E-state index contributed by atoms with van der Waals surface area (Å²) < 4.78 is 0. The first-order valence-corrected chi connectivity index (χ1v) is 8.73. The van der Waals surface area contributed by atoms with Crippen LogP contribution in [0.5, 0.6) is 0 Å². The molecule has 1 aromatic rings. The normalized spacial score (nSPS) is 32.9. The maximum Gasteiger partial charge on any atom is 0.244 e. The molecular formula is C16H20N2OS. The highest BCUT2D eigenvalue weighted by Gasteiger charge is 2.63. The van der Waals surface area contributed by atoms with E-state index in [1.165, 1.54) is 30.6 Å². The van der Waals surface area contributed by atoms with Gasteiger partial charge >= 0.3 is 0 Å². The highest BCUT2D eigenvalue weighted by Crippen LogP contribution is 2.62. The Kier molecular flexibility index (Phi) is 2.15. The monoisotopic (exact) mass is 288 g/mol. The molecule has 20 heavy (non-hydrogen) atoms. The quantitative estimate of drug-likeness (QED) is 0.924. The third kappa shape index (κ3) is 1.58. The first-order chi connectivity index (χ1) is 9.73. The van der Waals surface area contributed by atoms with E-state index in [0.29, 0.717) is 11.3 Å². The fourth-order valence-electron chi connectivity index (χ4n) is 4.00. The SMILES string of the molecule is O=C1N(CC2(C3CC3)CC2)C(c2cccs2)NC12CC2. The number of hydrogen-bond donors (Lipinski definition) is 1.